The summed E-state index contributed by atoms with van der Waals surface area (Å²) in [7, 11) is 0. The molecule has 3 nitrogen and oxygen atoms in total. The van der Waals surface area contributed by atoms with Crippen LogP contribution in [0.4, 0.5) is 0 Å². The van der Waals surface area contributed by atoms with Gasteiger partial charge in [-0.2, -0.15) is 0 Å². The van der Waals surface area contributed by atoms with Crippen molar-refractivity contribution in [1.29, 1.82) is 0 Å². The maximum Gasteiger partial charge on any atom is 0.234 e. The molecule has 0 aromatic carbocycles. The summed E-state index contributed by atoms with van der Waals surface area (Å²) in [5.74, 6) is 1.51. The molecule has 1 aliphatic rings. The van der Waals surface area contributed by atoms with Crippen LogP contribution in [0.25, 0.3) is 0 Å². The van der Waals surface area contributed by atoms with Gasteiger partial charge in [0.2, 0.25) is 5.91 Å². The molecule has 0 aromatic rings. The van der Waals surface area contributed by atoms with Gasteiger partial charge >= 0.3 is 0 Å². The fourth-order valence-corrected chi connectivity index (χ4v) is 2.06. The van der Waals surface area contributed by atoms with E-state index in [9.17, 15) is 4.79 Å². The van der Waals surface area contributed by atoms with E-state index in [2.05, 4.69) is 24.5 Å². The third-order valence-corrected chi connectivity index (χ3v) is 3.35. The van der Waals surface area contributed by atoms with Gasteiger partial charge in [0.25, 0.3) is 0 Å². The van der Waals surface area contributed by atoms with E-state index in [4.69, 9.17) is 0 Å². The second kappa shape index (κ2) is 5.35. The Morgan fingerprint density at radius 3 is 2.57 bits per heavy atom. The van der Waals surface area contributed by atoms with Crippen molar-refractivity contribution in [3.63, 3.8) is 0 Å². The molecule has 14 heavy (non-hydrogen) atoms. The number of carbonyl (C=O) groups excluding carboxylic acids is 1. The van der Waals surface area contributed by atoms with Crippen molar-refractivity contribution >= 4 is 5.91 Å². The molecule has 0 heterocycles. The minimum absolute atomic E-state index is 0.137. The van der Waals surface area contributed by atoms with Crippen LogP contribution >= 0.6 is 0 Å². The van der Waals surface area contributed by atoms with Crippen LogP contribution in [-0.4, -0.2) is 25.0 Å². The normalized spacial score (nSPS) is 31.8. The van der Waals surface area contributed by atoms with Gasteiger partial charge in [0.15, 0.2) is 0 Å². The molecule has 0 saturated heterocycles. The summed E-state index contributed by atoms with van der Waals surface area (Å²) in [5, 5.41) is 6.13. The average Bonchev–Trinajstić information content (AvgIpc) is 2.46. The number of nitrogens with one attached hydrogen (secondary N) is 2. The minimum atomic E-state index is 0.137. The van der Waals surface area contributed by atoms with Crippen LogP contribution in [-0.2, 0) is 4.79 Å². The van der Waals surface area contributed by atoms with E-state index < -0.39 is 0 Å². The van der Waals surface area contributed by atoms with Crippen LogP contribution in [0.1, 0.15) is 33.6 Å². The topological polar surface area (TPSA) is 41.1 Å². The van der Waals surface area contributed by atoms with E-state index in [1.807, 2.05) is 6.92 Å². The Bertz CT molecular complexity index is 194. The van der Waals surface area contributed by atoms with Crippen LogP contribution < -0.4 is 10.6 Å². The molecular formula is C11H22N2O. The van der Waals surface area contributed by atoms with Gasteiger partial charge in [0.05, 0.1) is 6.54 Å². The summed E-state index contributed by atoms with van der Waals surface area (Å²) in [4.78, 5) is 11.4. The van der Waals surface area contributed by atoms with Crippen molar-refractivity contribution in [2.75, 3.05) is 13.1 Å². The number of rotatable bonds is 4. The summed E-state index contributed by atoms with van der Waals surface area (Å²) in [6.45, 7) is 7.81. The molecule has 0 bridgehead atoms. The number of carbonyl (C=O) groups is 1. The highest BCUT2D eigenvalue weighted by Gasteiger charge is 2.30. The predicted molar refractivity (Wildman–Crippen MR) is 58.0 cm³/mol. The fourth-order valence-electron chi connectivity index (χ4n) is 2.06. The minimum Gasteiger partial charge on any atom is -0.352 e. The van der Waals surface area contributed by atoms with Crippen molar-refractivity contribution in [2.45, 2.75) is 39.7 Å². The lowest BCUT2D eigenvalue weighted by Gasteiger charge is -2.19. The van der Waals surface area contributed by atoms with Gasteiger partial charge in [0.1, 0.15) is 0 Å². The maximum atomic E-state index is 11.4. The Morgan fingerprint density at radius 2 is 2.07 bits per heavy atom. The van der Waals surface area contributed by atoms with Gasteiger partial charge < -0.3 is 10.6 Å². The Morgan fingerprint density at radius 1 is 1.36 bits per heavy atom. The maximum absolute atomic E-state index is 11.4. The molecule has 1 saturated carbocycles. The molecular weight excluding hydrogens is 176 g/mol. The molecule has 0 aliphatic heterocycles. The second-order valence-corrected chi connectivity index (χ2v) is 4.37. The van der Waals surface area contributed by atoms with Crippen molar-refractivity contribution in [3.8, 4) is 0 Å². The first-order valence-corrected chi connectivity index (χ1v) is 5.65. The number of amides is 1. The van der Waals surface area contributed by atoms with Crippen LogP contribution in [0.15, 0.2) is 0 Å². The lowest BCUT2D eigenvalue weighted by Crippen LogP contribution is -2.42. The van der Waals surface area contributed by atoms with E-state index >= 15 is 0 Å². The molecule has 1 aliphatic carbocycles. The first kappa shape index (κ1) is 11.5. The van der Waals surface area contributed by atoms with Crippen molar-refractivity contribution in [2.24, 2.45) is 11.8 Å². The Hall–Kier alpha value is -0.570. The van der Waals surface area contributed by atoms with Crippen molar-refractivity contribution in [3.05, 3.63) is 0 Å². The molecule has 0 spiro atoms. The number of hydrogen-bond acceptors (Lipinski definition) is 2. The monoisotopic (exact) mass is 198 g/mol. The van der Waals surface area contributed by atoms with Gasteiger partial charge in [-0.25, -0.2) is 0 Å². The summed E-state index contributed by atoms with van der Waals surface area (Å²) < 4.78 is 0. The zero-order chi connectivity index (χ0) is 10.6. The van der Waals surface area contributed by atoms with Gasteiger partial charge in [0, 0.05) is 6.04 Å². The number of hydrogen-bond donors (Lipinski definition) is 2. The molecule has 3 atom stereocenters. The first-order chi connectivity index (χ1) is 6.65. The third-order valence-electron chi connectivity index (χ3n) is 3.35. The van der Waals surface area contributed by atoms with Crippen LogP contribution in [0.3, 0.4) is 0 Å². The standard InChI is InChI=1S/C11H22N2O/c1-4-12-7-11(14)13-10-6-5-8(2)9(10)3/h8-10,12H,4-7H2,1-3H3,(H,13,14). The van der Waals surface area contributed by atoms with E-state index in [-0.39, 0.29) is 5.91 Å². The van der Waals surface area contributed by atoms with Gasteiger partial charge in [-0.3, -0.25) is 4.79 Å². The van der Waals surface area contributed by atoms with E-state index in [1.54, 1.807) is 0 Å². The summed E-state index contributed by atoms with van der Waals surface area (Å²) >= 11 is 0. The summed E-state index contributed by atoms with van der Waals surface area (Å²) in [6, 6.07) is 0.399. The molecule has 0 radical (unpaired) electrons. The third kappa shape index (κ3) is 2.98. The molecule has 2 N–H and O–H groups in total. The molecule has 3 heteroatoms. The highest BCUT2D eigenvalue weighted by molar-refractivity contribution is 5.78. The Kier molecular flexibility index (Phi) is 4.39. The number of likely N-dealkylation sites (N-methyl/N-ethyl adjacent to an activating group) is 1. The van der Waals surface area contributed by atoms with Crippen molar-refractivity contribution < 1.29 is 4.79 Å². The largest absolute Gasteiger partial charge is 0.352 e. The fraction of sp³-hybridized carbons (Fsp3) is 0.909. The highest BCUT2D eigenvalue weighted by atomic mass is 16.1. The quantitative estimate of drug-likeness (QED) is 0.711. The molecule has 1 fully saturated rings. The van der Waals surface area contributed by atoms with Gasteiger partial charge in [-0.05, 0) is 31.2 Å². The van der Waals surface area contributed by atoms with Crippen LogP contribution in [0.5, 0.6) is 0 Å². The zero-order valence-corrected chi connectivity index (χ0v) is 9.47. The predicted octanol–water partition coefficient (Wildman–Crippen LogP) is 1.15. The van der Waals surface area contributed by atoms with E-state index in [0.717, 1.165) is 18.9 Å². The molecule has 3 unspecified atom stereocenters. The van der Waals surface area contributed by atoms with E-state index in [1.165, 1.54) is 6.42 Å². The summed E-state index contributed by atoms with van der Waals surface area (Å²) in [5.41, 5.74) is 0. The molecule has 1 amide bonds. The first-order valence-electron chi connectivity index (χ1n) is 5.65. The Balaban J connectivity index is 2.27. The smallest absolute Gasteiger partial charge is 0.234 e. The highest BCUT2D eigenvalue weighted by Crippen LogP contribution is 2.30. The molecule has 82 valence electrons. The SMILES string of the molecule is CCNCC(=O)NC1CCC(C)C1C. The van der Waals surface area contributed by atoms with Crippen molar-refractivity contribution in [1.82, 2.24) is 10.6 Å². The molecule has 0 aromatic heterocycles. The lowest BCUT2D eigenvalue weighted by atomic mass is 9.98. The van der Waals surface area contributed by atoms with Crippen LogP contribution in [0, 0.1) is 11.8 Å². The van der Waals surface area contributed by atoms with Gasteiger partial charge in [-0.15, -0.1) is 0 Å². The lowest BCUT2D eigenvalue weighted by molar-refractivity contribution is -0.121. The zero-order valence-electron chi connectivity index (χ0n) is 9.47. The summed E-state index contributed by atoms with van der Waals surface area (Å²) in [6.07, 6.45) is 2.38. The van der Waals surface area contributed by atoms with E-state index in [0.29, 0.717) is 18.5 Å². The average molecular weight is 198 g/mol. The van der Waals surface area contributed by atoms with Gasteiger partial charge in [-0.1, -0.05) is 20.8 Å². The molecule has 1 rings (SSSR count). The Labute approximate surface area is 86.6 Å². The second-order valence-electron chi connectivity index (χ2n) is 4.37. The van der Waals surface area contributed by atoms with Crippen LogP contribution in [0.2, 0.25) is 0 Å².